The fourth-order valence-electron chi connectivity index (χ4n) is 2.35. The molecule has 20 heavy (non-hydrogen) atoms. The van der Waals surface area contributed by atoms with E-state index in [2.05, 4.69) is 28.6 Å². The summed E-state index contributed by atoms with van der Waals surface area (Å²) < 4.78 is 5.59. The Morgan fingerprint density at radius 2 is 2.05 bits per heavy atom. The molecule has 1 N–H and O–H groups in total. The molecular formula is C15H25N3O2. The lowest BCUT2D eigenvalue weighted by Gasteiger charge is -2.35. The maximum atomic E-state index is 9.18. The monoisotopic (exact) mass is 279 g/mol. The van der Waals surface area contributed by atoms with Crippen LogP contribution in [0.5, 0.6) is 0 Å². The average Bonchev–Trinajstić information content (AvgIpc) is 2.48. The highest BCUT2D eigenvalue weighted by atomic mass is 16.5. The van der Waals surface area contributed by atoms with E-state index in [0.717, 1.165) is 50.7 Å². The summed E-state index contributed by atoms with van der Waals surface area (Å²) in [5, 5.41) is 9.18. The smallest absolute Gasteiger partial charge is 0.128 e. The Bertz CT molecular complexity index is 404. The van der Waals surface area contributed by atoms with Gasteiger partial charge in [-0.15, -0.1) is 0 Å². The van der Waals surface area contributed by atoms with Crippen LogP contribution < -0.4 is 4.90 Å². The molecule has 0 bridgehead atoms. The van der Waals surface area contributed by atoms with Crippen molar-refractivity contribution >= 4 is 5.82 Å². The summed E-state index contributed by atoms with van der Waals surface area (Å²) in [5.74, 6) is 0.967. The Balaban J connectivity index is 1.78. The molecular weight excluding hydrogens is 254 g/mol. The molecule has 1 aromatic rings. The maximum Gasteiger partial charge on any atom is 0.128 e. The molecule has 1 fully saturated rings. The van der Waals surface area contributed by atoms with Gasteiger partial charge in [-0.05, 0) is 31.5 Å². The van der Waals surface area contributed by atoms with Gasteiger partial charge in [0.05, 0.1) is 19.3 Å². The van der Waals surface area contributed by atoms with Crippen LogP contribution in [0.4, 0.5) is 5.82 Å². The maximum absolute atomic E-state index is 9.18. The SMILES string of the molecule is CC(C)OCCN1CCN(c2cc(CO)ccn2)CC1. The van der Waals surface area contributed by atoms with Gasteiger partial charge < -0.3 is 14.7 Å². The van der Waals surface area contributed by atoms with Gasteiger partial charge in [-0.3, -0.25) is 4.90 Å². The molecule has 2 heterocycles. The number of hydrogen-bond donors (Lipinski definition) is 1. The molecule has 0 unspecified atom stereocenters. The molecule has 5 nitrogen and oxygen atoms in total. The van der Waals surface area contributed by atoms with E-state index in [4.69, 9.17) is 4.74 Å². The average molecular weight is 279 g/mol. The number of nitrogens with zero attached hydrogens (tertiary/aromatic N) is 3. The van der Waals surface area contributed by atoms with Gasteiger partial charge in [0, 0.05) is 38.9 Å². The Morgan fingerprint density at radius 1 is 1.30 bits per heavy atom. The Labute approximate surface area is 121 Å². The van der Waals surface area contributed by atoms with E-state index < -0.39 is 0 Å². The zero-order valence-electron chi connectivity index (χ0n) is 12.5. The number of pyridine rings is 1. The quantitative estimate of drug-likeness (QED) is 0.845. The molecule has 0 aromatic carbocycles. The van der Waals surface area contributed by atoms with Crippen molar-refractivity contribution in [2.24, 2.45) is 0 Å². The first-order valence-corrected chi connectivity index (χ1v) is 7.33. The van der Waals surface area contributed by atoms with Gasteiger partial charge in [0.15, 0.2) is 0 Å². The number of hydrogen-bond acceptors (Lipinski definition) is 5. The zero-order chi connectivity index (χ0) is 14.4. The van der Waals surface area contributed by atoms with Gasteiger partial charge in [-0.1, -0.05) is 0 Å². The molecule has 0 radical (unpaired) electrons. The van der Waals surface area contributed by atoms with Gasteiger partial charge in [0.2, 0.25) is 0 Å². The molecule has 1 aliphatic heterocycles. The minimum Gasteiger partial charge on any atom is -0.392 e. The summed E-state index contributed by atoms with van der Waals surface area (Å²) in [6.45, 7) is 10.0. The minimum atomic E-state index is 0.0715. The number of aromatic nitrogens is 1. The van der Waals surface area contributed by atoms with E-state index >= 15 is 0 Å². The standard InChI is InChI=1S/C15H25N3O2/c1-13(2)20-10-9-17-5-7-18(8-6-17)15-11-14(12-19)3-4-16-15/h3-4,11,13,19H,5-10,12H2,1-2H3. The first-order chi connectivity index (χ1) is 9.69. The lowest BCUT2D eigenvalue weighted by molar-refractivity contribution is 0.0578. The lowest BCUT2D eigenvalue weighted by Crippen LogP contribution is -2.47. The predicted octanol–water partition coefficient (Wildman–Crippen LogP) is 1.12. The minimum absolute atomic E-state index is 0.0715. The van der Waals surface area contributed by atoms with Crippen molar-refractivity contribution in [3.05, 3.63) is 23.9 Å². The van der Waals surface area contributed by atoms with Crippen molar-refractivity contribution in [3.8, 4) is 0 Å². The molecule has 0 atom stereocenters. The van der Waals surface area contributed by atoms with Crippen LogP contribution in [0.3, 0.4) is 0 Å². The molecule has 5 heteroatoms. The van der Waals surface area contributed by atoms with Crippen molar-refractivity contribution < 1.29 is 9.84 Å². The van der Waals surface area contributed by atoms with E-state index in [1.165, 1.54) is 0 Å². The highest BCUT2D eigenvalue weighted by Gasteiger charge is 2.17. The van der Waals surface area contributed by atoms with Crippen molar-refractivity contribution in [2.45, 2.75) is 26.6 Å². The molecule has 0 aliphatic carbocycles. The Kier molecular flexibility index (Phi) is 5.76. The van der Waals surface area contributed by atoms with Crippen LogP contribution >= 0.6 is 0 Å². The summed E-state index contributed by atoms with van der Waals surface area (Å²) in [6, 6.07) is 3.82. The number of aliphatic hydroxyl groups excluding tert-OH is 1. The number of aliphatic hydroxyl groups is 1. The van der Waals surface area contributed by atoms with Crippen LogP contribution in [0.2, 0.25) is 0 Å². The summed E-state index contributed by atoms with van der Waals surface area (Å²) in [6.07, 6.45) is 2.07. The van der Waals surface area contributed by atoms with Gasteiger partial charge in [0.25, 0.3) is 0 Å². The van der Waals surface area contributed by atoms with E-state index in [-0.39, 0.29) is 6.61 Å². The highest BCUT2D eigenvalue weighted by molar-refractivity contribution is 5.41. The van der Waals surface area contributed by atoms with Crippen LogP contribution in [-0.4, -0.2) is 60.4 Å². The normalized spacial score (nSPS) is 16.9. The summed E-state index contributed by atoms with van der Waals surface area (Å²) >= 11 is 0. The molecule has 0 saturated carbocycles. The molecule has 1 aromatic heterocycles. The largest absolute Gasteiger partial charge is 0.392 e. The third kappa shape index (κ3) is 4.44. The van der Waals surface area contributed by atoms with Crippen molar-refractivity contribution in [1.29, 1.82) is 0 Å². The van der Waals surface area contributed by atoms with Gasteiger partial charge in [-0.25, -0.2) is 4.98 Å². The first-order valence-electron chi connectivity index (χ1n) is 7.33. The van der Waals surface area contributed by atoms with Crippen LogP contribution in [0.15, 0.2) is 18.3 Å². The number of anilines is 1. The molecule has 0 spiro atoms. The van der Waals surface area contributed by atoms with Gasteiger partial charge in [0.1, 0.15) is 5.82 Å². The third-order valence-electron chi connectivity index (χ3n) is 3.55. The number of ether oxygens (including phenoxy) is 1. The molecule has 1 aliphatic rings. The predicted molar refractivity (Wildman–Crippen MR) is 79.9 cm³/mol. The molecule has 0 amide bonds. The molecule has 2 rings (SSSR count). The third-order valence-corrected chi connectivity index (χ3v) is 3.55. The molecule has 112 valence electrons. The van der Waals surface area contributed by atoms with Crippen molar-refractivity contribution in [1.82, 2.24) is 9.88 Å². The zero-order valence-corrected chi connectivity index (χ0v) is 12.5. The Hall–Kier alpha value is -1.17. The van der Waals surface area contributed by atoms with Crippen LogP contribution in [-0.2, 0) is 11.3 Å². The fraction of sp³-hybridized carbons (Fsp3) is 0.667. The summed E-state index contributed by atoms with van der Waals surface area (Å²) in [4.78, 5) is 9.10. The molecule has 1 saturated heterocycles. The second kappa shape index (κ2) is 7.57. The number of piperazine rings is 1. The van der Waals surface area contributed by atoms with Crippen LogP contribution in [0.25, 0.3) is 0 Å². The summed E-state index contributed by atoms with van der Waals surface area (Å²) in [5.41, 5.74) is 0.919. The van der Waals surface area contributed by atoms with Crippen molar-refractivity contribution in [2.75, 3.05) is 44.2 Å². The Morgan fingerprint density at radius 3 is 2.70 bits per heavy atom. The van der Waals surface area contributed by atoms with E-state index in [1.54, 1.807) is 6.20 Å². The van der Waals surface area contributed by atoms with Gasteiger partial charge >= 0.3 is 0 Å². The van der Waals surface area contributed by atoms with Crippen LogP contribution in [0, 0.1) is 0 Å². The van der Waals surface area contributed by atoms with Gasteiger partial charge in [-0.2, -0.15) is 0 Å². The fourth-order valence-corrected chi connectivity index (χ4v) is 2.35. The highest BCUT2D eigenvalue weighted by Crippen LogP contribution is 2.15. The van der Waals surface area contributed by atoms with Crippen molar-refractivity contribution in [3.63, 3.8) is 0 Å². The van der Waals surface area contributed by atoms with E-state index in [1.807, 2.05) is 12.1 Å². The van der Waals surface area contributed by atoms with Crippen LogP contribution in [0.1, 0.15) is 19.4 Å². The first kappa shape index (κ1) is 15.2. The second-order valence-corrected chi connectivity index (χ2v) is 5.43. The second-order valence-electron chi connectivity index (χ2n) is 5.43. The topological polar surface area (TPSA) is 48.8 Å². The lowest BCUT2D eigenvalue weighted by atomic mass is 10.2. The van der Waals surface area contributed by atoms with E-state index in [0.29, 0.717) is 6.10 Å². The number of rotatable bonds is 6. The van der Waals surface area contributed by atoms with E-state index in [9.17, 15) is 5.11 Å². The summed E-state index contributed by atoms with van der Waals surface area (Å²) in [7, 11) is 0.